The van der Waals surface area contributed by atoms with Crippen molar-refractivity contribution >= 4 is 23.8 Å². The van der Waals surface area contributed by atoms with Crippen LogP contribution in [0.5, 0.6) is 0 Å². The topological polar surface area (TPSA) is 133 Å². The lowest BCUT2D eigenvalue weighted by Crippen LogP contribution is -2.58. The van der Waals surface area contributed by atoms with E-state index < -0.39 is 42.4 Å². The van der Waals surface area contributed by atoms with Gasteiger partial charge in [-0.15, -0.1) is 0 Å². The van der Waals surface area contributed by atoms with Crippen molar-refractivity contribution in [1.29, 1.82) is 0 Å². The van der Waals surface area contributed by atoms with Gasteiger partial charge in [0.15, 0.2) is 12.1 Å². The van der Waals surface area contributed by atoms with Crippen LogP contribution in [0.1, 0.15) is 20.3 Å². The smallest absolute Gasteiger partial charge is 0.333 e. The Labute approximate surface area is 128 Å². The molecule has 0 aromatic carbocycles. The van der Waals surface area contributed by atoms with Crippen molar-refractivity contribution in [2.24, 2.45) is 5.73 Å². The van der Waals surface area contributed by atoms with Crippen molar-refractivity contribution in [3.63, 3.8) is 0 Å². The number of carboxylic acid groups (broad SMARTS) is 1. The van der Waals surface area contributed by atoms with Crippen molar-refractivity contribution in [2.75, 3.05) is 27.2 Å². The van der Waals surface area contributed by atoms with Gasteiger partial charge in [-0.05, 0) is 0 Å². The lowest BCUT2D eigenvalue weighted by atomic mass is 10.2. The summed E-state index contributed by atoms with van der Waals surface area (Å²) in [4.78, 5) is 44.8. The Hall–Kier alpha value is -2.00. The molecule has 9 heteroatoms. The number of carboxylic acids is 1. The van der Waals surface area contributed by atoms with E-state index in [2.05, 4.69) is 4.74 Å². The Morgan fingerprint density at radius 1 is 1.14 bits per heavy atom. The molecular formula is C13H23N2O7+. The van der Waals surface area contributed by atoms with Gasteiger partial charge in [0.1, 0.15) is 13.2 Å². The van der Waals surface area contributed by atoms with Gasteiger partial charge in [-0.2, -0.15) is 0 Å². The SMILES string of the molecule is CC(=O)OCC(N)C(=O)[N+](C)(C)CC(CC(=O)O)OC(C)=O. The Bertz CT molecular complexity index is 432. The number of quaternary nitrogens is 1. The largest absolute Gasteiger partial charge is 0.481 e. The third kappa shape index (κ3) is 7.70. The molecule has 22 heavy (non-hydrogen) atoms. The molecule has 0 aliphatic carbocycles. The number of nitrogens with zero attached hydrogens (tertiary/aromatic N) is 1. The fraction of sp³-hybridized carbons (Fsp3) is 0.692. The molecule has 9 nitrogen and oxygen atoms in total. The Morgan fingerprint density at radius 3 is 2.09 bits per heavy atom. The van der Waals surface area contributed by atoms with Gasteiger partial charge < -0.3 is 20.3 Å². The number of hydrogen-bond donors (Lipinski definition) is 2. The standard InChI is InChI=1S/C13H22N2O7/c1-8(16)21-7-11(14)13(20)15(3,4)6-10(5-12(18)19)22-9(2)17/h10-11H,5-7,14H2,1-4H3/p+1. The summed E-state index contributed by atoms with van der Waals surface area (Å²) in [5.74, 6) is -2.81. The molecule has 2 atom stereocenters. The van der Waals surface area contributed by atoms with E-state index in [0.29, 0.717) is 0 Å². The number of ether oxygens (including phenoxy) is 2. The molecule has 0 aromatic heterocycles. The maximum absolute atomic E-state index is 12.3. The zero-order chi connectivity index (χ0) is 17.5. The molecule has 0 fully saturated rings. The molecule has 0 radical (unpaired) electrons. The van der Waals surface area contributed by atoms with Crippen LogP contribution < -0.4 is 5.73 Å². The van der Waals surface area contributed by atoms with Gasteiger partial charge in [-0.1, -0.05) is 0 Å². The number of likely N-dealkylation sites (N-methyl/N-ethyl adjacent to an activating group) is 1. The predicted octanol–water partition coefficient (Wildman–Crippen LogP) is -1.11. The number of hydrogen-bond acceptors (Lipinski definition) is 7. The normalized spacial score (nSPS) is 13.9. The predicted molar refractivity (Wildman–Crippen MR) is 74.4 cm³/mol. The van der Waals surface area contributed by atoms with Crippen molar-refractivity contribution in [1.82, 2.24) is 0 Å². The van der Waals surface area contributed by atoms with Gasteiger partial charge in [0.2, 0.25) is 0 Å². The maximum atomic E-state index is 12.3. The molecule has 0 saturated heterocycles. The van der Waals surface area contributed by atoms with Crippen LogP contribution in [0.25, 0.3) is 0 Å². The second-order valence-corrected chi connectivity index (χ2v) is 5.44. The van der Waals surface area contributed by atoms with Crippen LogP contribution in [0.2, 0.25) is 0 Å². The van der Waals surface area contributed by atoms with Gasteiger partial charge in [0.05, 0.1) is 20.5 Å². The molecule has 1 amide bonds. The highest BCUT2D eigenvalue weighted by Crippen LogP contribution is 2.10. The molecule has 0 aromatic rings. The van der Waals surface area contributed by atoms with Crippen molar-refractivity contribution in [3.8, 4) is 0 Å². The van der Waals surface area contributed by atoms with Crippen molar-refractivity contribution in [3.05, 3.63) is 0 Å². The van der Waals surface area contributed by atoms with Crippen LogP contribution >= 0.6 is 0 Å². The van der Waals surface area contributed by atoms with E-state index in [1.54, 1.807) is 0 Å². The van der Waals surface area contributed by atoms with Crippen LogP contribution in [0.3, 0.4) is 0 Å². The first-order chi connectivity index (χ1) is 9.95. The third-order valence-corrected chi connectivity index (χ3v) is 2.77. The third-order valence-electron chi connectivity index (χ3n) is 2.77. The van der Waals surface area contributed by atoms with Gasteiger partial charge in [0, 0.05) is 13.8 Å². The Kier molecular flexibility index (Phi) is 7.68. The molecule has 0 rings (SSSR count). The summed E-state index contributed by atoms with van der Waals surface area (Å²) in [6.07, 6.45) is -1.39. The molecule has 2 unspecified atom stereocenters. The van der Waals surface area contributed by atoms with Crippen LogP contribution in [0.4, 0.5) is 0 Å². The minimum Gasteiger partial charge on any atom is -0.481 e. The van der Waals surface area contributed by atoms with Gasteiger partial charge in [-0.3, -0.25) is 18.9 Å². The first kappa shape index (κ1) is 20.0. The molecule has 0 bridgehead atoms. The summed E-state index contributed by atoms with van der Waals surface area (Å²) >= 11 is 0. The van der Waals surface area contributed by atoms with E-state index in [4.69, 9.17) is 15.6 Å². The van der Waals surface area contributed by atoms with Crippen molar-refractivity contribution in [2.45, 2.75) is 32.4 Å². The molecule has 0 aliphatic rings. The number of aliphatic carboxylic acids is 1. The molecule has 126 valence electrons. The molecule has 0 saturated carbocycles. The Balaban J connectivity index is 4.85. The summed E-state index contributed by atoms with van der Waals surface area (Å²) in [6.45, 7) is 2.02. The van der Waals surface area contributed by atoms with E-state index >= 15 is 0 Å². The number of carbonyl (C=O) groups is 4. The molecule has 3 N–H and O–H groups in total. The highest BCUT2D eigenvalue weighted by Gasteiger charge is 2.36. The van der Waals surface area contributed by atoms with E-state index in [0.717, 1.165) is 6.92 Å². The average molecular weight is 319 g/mol. The molecule has 0 spiro atoms. The zero-order valence-corrected chi connectivity index (χ0v) is 13.2. The maximum Gasteiger partial charge on any atom is 0.333 e. The first-order valence-corrected chi connectivity index (χ1v) is 6.61. The monoisotopic (exact) mass is 319 g/mol. The van der Waals surface area contributed by atoms with E-state index in [-0.39, 0.29) is 17.6 Å². The lowest BCUT2D eigenvalue weighted by molar-refractivity contribution is -0.818. The quantitative estimate of drug-likeness (QED) is 0.425. The molecule has 0 aliphatic heterocycles. The summed E-state index contributed by atoms with van der Waals surface area (Å²) in [6, 6.07) is -1.05. The van der Waals surface area contributed by atoms with Gasteiger partial charge in [-0.25, -0.2) is 4.79 Å². The highest BCUT2D eigenvalue weighted by molar-refractivity contribution is 5.76. The number of nitrogens with two attached hydrogens (primary N) is 1. The number of carbonyl (C=O) groups excluding carboxylic acids is 3. The molecule has 0 heterocycles. The number of amides is 1. The minimum atomic E-state index is -1.15. The summed E-state index contributed by atoms with van der Waals surface area (Å²) in [5.41, 5.74) is 5.66. The number of rotatable bonds is 8. The Morgan fingerprint density at radius 2 is 1.68 bits per heavy atom. The van der Waals surface area contributed by atoms with Crippen LogP contribution in [0.15, 0.2) is 0 Å². The summed E-state index contributed by atoms with van der Waals surface area (Å²) in [7, 11) is 3.02. The second-order valence-electron chi connectivity index (χ2n) is 5.44. The van der Waals surface area contributed by atoms with Gasteiger partial charge in [0.25, 0.3) is 0 Å². The fourth-order valence-corrected chi connectivity index (χ4v) is 1.90. The second kappa shape index (κ2) is 8.44. The van der Waals surface area contributed by atoms with E-state index in [1.165, 1.54) is 21.0 Å². The fourth-order valence-electron chi connectivity index (χ4n) is 1.90. The lowest BCUT2D eigenvalue weighted by Gasteiger charge is -2.31. The van der Waals surface area contributed by atoms with Gasteiger partial charge >= 0.3 is 23.8 Å². The van der Waals surface area contributed by atoms with Crippen molar-refractivity contribution < 1.29 is 38.2 Å². The number of esters is 2. The highest BCUT2D eigenvalue weighted by atomic mass is 16.5. The van der Waals surface area contributed by atoms with E-state index in [1.807, 2.05) is 0 Å². The first-order valence-electron chi connectivity index (χ1n) is 6.61. The van der Waals surface area contributed by atoms with E-state index in [9.17, 15) is 19.2 Å². The summed E-state index contributed by atoms with van der Waals surface area (Å²) < 4.78 is 9.28. The minimum absolute atomic E-state index is 0.0571. The van der Waals surface area contributed by atoms with Crippen LogP contribution in [-0.4, -0.2) is 72.8 Å². The average Bonchev–Trinajstić information content (AvgIpc) is 2.32. The van der Waals surface area contributed by atoms with Crippen LogP contribution in [0, 0.1) is 0 Å². The zero-order valence-electron chi connectivity index (χ0n) is 13.2. The summed E-state index contributed by atoms with van der Waals surface area (Å²) in [5, 5.41) is 8.82. The molecular weight excluding hydrogens is 296 g/mol. The van der Waals surface area contributed by atoms with Crippen LogP contribution in [-0.2, 0) is 28.7 Å².